The first-order valence-electron chi connectivity index (χ1n) is 12.1. The third-order valence-electron chi connectivity index (χ3n) is 6.41. The number of hydrogen-bond donors (Lipinski definition) is 0. The molecule has 0 saturated heterocycles. The fourth-order valence-corrected chi connectivity index (χ4v) is 4.63. The van der Waals surface area contributed by atoms with E-state index in [4.69, 9.17) is 9.97 Å². The summed E-state index contributed by atoms with van der Waals surface area (Å²) in [4.78, 5) is 14.5. The Morgan fingerprint density at radius 1 is 0.743 bits per heavy atom. The smallest absolute Gasteiger partial charge is 0.123 e. The highest BCUT2D eigenvalue weighted by atomic mass is 19.1. The van der Waals surface area contributed by atoms with Gasteiger partial charge in [-0.2, -0.15) is 0 Å². The summed E-state index contributed by atoms with van der Waals surface area (Å²) >= 11 is 0. The molecule has 1 unspecified atom stereocenters. The Kier molecular flexibility index (Phi) is 6.37. The molecule has 4 heteroatoms. The minimum atomic E-state index is -0.237. The third-order valence-corrected chi connectivity index (χ3v) is 6.41. The van der Waals surface area contributed by atoms with Crippen LogP contribution >= 0.6 is 0 Å². The SMILES string of the molecule is CC(C)c1nc(CC(C)c2ncccc2-c2ccc(F)cc2)ccc1-c1cnc2ccccc2c1. The molecule has 174 valence electrons. The summed E-state index contributed by atoms with van der Waals surface area (Å²) in [5, 5.41) is 1.13. The highest BCUT2D eigenvalue weighted by Gasteiger charge is 2.17. The maximum absolute atomic E-state index is 13.5. The van der Waals surface area contributed by atoms with Gasteiger partial charge in [-0.15, -0.1) is 0 Å². The lowest BCUT2D eigenvalue weighted by Crippen LogP contribution is -2.07. The first-order chi connectivity index (χ1) is 17.0. The maximum atomic E-state index is 13.5. The van der Waals surface area contributed by atoms with Crippen molar-refractivity contribution in [2.45, 2.75) is 39.0 Å². The maximum Gasteiger partial charge on any atom is 0.123 e. The second kappa shape index (κ2) is 9.75. The number of rotatable bonds is 6. The number of pyridine rings is 3. The molecule has 3 heterocycles. The topological polar surface area (TPSA) is 38.7 Å². The average Bonchev–Trinajstić information content (AvgIpc) is 2.89. The summed E-state index contributed by atoms with van der Waals surface area (Å²) in [6.45, 7) is 6.53. The van der Waals surface area contributed by atoms with Gasteiger partial charge in [0.2, 0.25) is 0 Å². The van der Waals surface area contributed by atoms with E-state index in [1.54, 1.807) is 0 Å². The zero-order chi connectivity index (χ0) is 24.4. The van der Waals surface area contributed by atoms with Gasteiger partial charge in [0.15, 0.2) is 0 Å². The van der Waals surface area contributed by atoms with Crippen LogP contribution in [-0.4, -0.2) is 15.0 Å². The molecule has 35 heavy (non-hydrogen) atoms. The van der Waals surface area contributed by atoms with Gasteiger partial charge in [0.05, 0.1) is 16.9 Å². The number of benzene rings is 2. The van der Waals surface area contributed by atoms with Crippen LogP contribution in [0.2, 0.25) is 0 Å². The highest BCUT2D eigenvalue weighted by molar-refractivity contribution is 5.84. The predicted molar refractivity (Wildman–Crippen MR) is 141 cm³/mol. The summed E-state index contributed by atoms with van der Waals surface area (Å²) in [7, 11) is 0. The largest absolute Gasteiger partial charge is 0.260 e. The molecule has 0 N–H and O–H groups in total. The molecule has 0 aliphatic carbocycles. The van der Waals surface area contributed by atoms with Crippen molar-refractivity contribution in [1.29, 1.82) is 0 Å². The van der Waals surface area contributed by atoms with E-state index in [-0.39, 0.29) is 17.7 Å². The molecule has 5 rings (SSSR count). The van der Waals surface area contributed by atoms with Crippen molar-refractivity contribution in [2.24, 2.45) is 0 Å². The molecule has 0 bridgehead atoms. The van der Waals surface area contributed by atoms with Crippen LogP contribution in [0.3, 0.4) is 0 Å². The van der Waals surface area contributed by atoms with E-state index >= 15 is 0 Å². The number of hydrogen-bond acceptors (Lipinski definition) is 3. The van der Waals surface area contributed by atoms with Crippen molar-refractivity contribution in [3.63, 3.8) is 0 Å². The van der Waals surface area contributed by atoms with Crippen LogP contribution in [0.1, 0.15) is 49.7 Å². The molecule has 0 aliphatic heterocycles. The molecular formula is C31H28FN3. The molecule has 0 radical (unpaired) electrons. The van der Waals surface area contributed by atoms with E-state index in [2.05, 4.69) is 56.1 Å². The average molecular weight is 462 g/mol. The van der Waals surface area contributed by atoms with Crippen molar-refractivity contribution in [3.05, 3.63) is 114 Å². The van der Waals surface area contributed by atoms with Gasteiger partial charge in [-0.3, -0.25) is 15.0 Å². The zero-order valence-corrected chi connectivity index (χ0v) is 20.2. The Morgan fingerprint density at radius 2 is 1.51 bits per heavy atom. The number of para-hydroxylation sites is 1. The van der Waals surface area contributed by atoms with Crippen LogP contribution in [0.4, 0.5) is 4.39 Å². The van der Waals surface area contributed by atoms with Gasteiger partial charge in [-0.1, -0.05) is 63.2 Å². The second-order valence-electron chi connectivity index (χ2n) is 9.36. The van der Waals surface area contributed by atoms with Gasteiger partial charge in [-0.25, -0.2) is 4.39 Å². The molecule has 0 fully saturated rings. The molecule has 0 amide bonds. The quantitative estimate of drug-likeness (QED) is 0.257. The molecule has 2 aromatic carbocycles. The van der Waals surface area contributed by atoms with Gasteiger partial charge < -0.3 is 0 Å². The van der Waals surface area contributed by atoms with E-state index in [1.165, 1.54) is 12.1 Å². The molecule has 3 aromatic heterocycles. The third kappa shape index (κ3) is 4.83. The summed E-state index contributed by atoms with van der Waals surface area (Å²) < 4.78 is 13.5. The molecule has 5 aromatic rings. The lowest BCUT2D eigenvalue weighted by Gasteiger charge is -2.18. The molecule has 0 spiro atoms. The zero-order valence-electron chi connectivity index (χ0n) is 20.2. The monoisotopic (exact) mass is 461 g/mol. The normalized spacial score (nSPS) is 12.3. The van der Waals surface area contributed by atoms with Crippen LogP contribution < -0.4 is 0 Å². The lowest BCUT2D eigenvalue weighted by atomic mass is 9.92. The number of aromatic nitrogens is 3. The molecule has 3 nitrogen and oxygen atoms in total. The van der Waals surface area contributed by atoms with Crippen LogP contribution in [0.5, 0.6) is 0 Å². The van der Waals surface area contributed by atoms with Gasteiger partial charge in [0.25, 0.3) is 0 Å². The fourth-order valence-electron chi connectivity index (χ4n) is 4.63. The summed E-state index contributed by atoms with van der Waals surface area (Å²) in [5.41, 5.74) is 8.31. The van der Waals surface area contributed by atoms with E-state index in [9.17, 15) is 4.39 Å². The standard InChI is InChI=1S/C31H28FN3/c1-20(2)30-28(24-18-23-7-4-5-9-29(23)34-19-24)15-14-26(35-30)17-21(3)31-27(8-6-16-33-31)22-10-12-25(32)13-11-22/h4-16,18-21H,17H2,1-3H3. The van der Waals surface area contributed by atoms with Crippen molar-refractivity contribution in [2.75, 3.05) is 0 Å². The van der Waals surface area contributed by atoms with Gasteiger partial charge in [-0.05, 0) is 54.3 Å². The molecule has 0 aliphatic rings. The first kappa shape index (κ1) is 22.9. The number of halogens is 1. The van der Waals surface area contributed by atoms with Gasteiger partial charge in [0, 0.05) is 46.1 Å². The molecule has 1 atom stereocenters. The predicted octanol–water partition coefficient (Wildman–Crippen LogP) is 7.97. The summed E-state index contributed by atoms with van der Waals surface area (Å²) in [6.07, 6.45) is 4.53. The van der Waals surface area contributed by atoms with Crippen LogP contribution in [0.15, 0.2) is 91.3 Å². The Bertz CT molecular complexity index is 1470. The van der Waals surface area contributed by atoms with Crippen LogP contribution in [0.25, 0.3) is 33.2 Å². The Balaban J connectivity index is 1.46. The molecular weight excluding hydrogens is 433 g/mol. The lowest BCUT2D eigenvalue weighted by molar-refractivity contribution is 0.628. The minimum Gasteiger partial charge on any atom is -0.260 e. The Morgan fingerprint density at radius 3 is 2.31 bits per heavy atom. The van der Waals surface area contributed by atoms with Crippen LogP contribution in [0, 0.1) is 5.82 Å². The number of nitrogens with zero attached hydrogens (tertiary/aromatic N) is 3. The highest BCUT2D eigenvalue weighted by Crippen LogP contribution is 2.32. The Labute approximate surface area is 205 Å². The molecule has 0 saturated carbocycles. The van der Waals surface area contributed by atoms with Crippen molar-refractivity contribution in [3.8, 4) is 22.3 Å². The summed E-state index contributed by atoms with van der Waals surface area (Å²) in [6, 6.07) is 25.2. The van der Waals surface area contributed by atoms with E-state index in [0.29, 0.717) is 0 Å². The van der Waals surface area contributed by atoms with Crippen LogP contribution in [-0.2, 0) is 6.42 Å². The second-order valence-corrected chi connectivity index (χ2v) is 9.36. The fraction of sp³-hybridized carbons (Fsp3) is 0.194. The van der Waals surface area contributed by atoms with E-state index in [0.717, 1.165) is 56.7 Å². The Hall–Kier alpha value is -3.92. The van der Waals surface area contributed by atoms with Crippen molar-refractivity contribution < 1.29 is 4.39 Å². The van der Waals surface area contributed by atoms with Crippen molar-refractivity contribution >= 4 is 10.9 Å². The van der Waals surface area contributed by atoms with E-state index < -0.39 is 0 Å². The van der Waals surface area contributed by atoms with E-state index in [1.807, 2.05) is 48.8 Å². The first-order valence-corrected chi connectivity index (χ1v) is 12.1. The van der Waals surface area contributed by atoms with Gasteiger partial charge in [0.1, 0.15) is 5.82 Å². The van der Waals surface area contributed by atoms with Crippen molar-refractivity contribution in [1.82, 2.24) is 15.0 Å². The summed E-state index contributed by atoms with van der Waals surface area (Å²) in [5.74, 6) is 0.188. The minimum absolute atomic E-state index is 0.150. The van der Waals surface area contributed by atoms with Gasteiger partial charge >= 0.3 is 0 Å². The number of fused-ring (bicyclic) bond motifs is 1.